The highest BCUT2D eigenvalue weighted by molar-refractivity contribution is 14.1. The molecule has 0 aliphatic rings. The second kappa shape index (κ2) is 4.54. The van der Waals surface area contributed by atoms with Crippen LogP contribution >= 0.6 is 22.6 Å². The standard InChI is InChI=1S/C6H6F5IO/c7-5(8,6(9,10)11)3-4(12)1-2-13/h3,13H,1-2H2/b4-3-. The smallest absolute Gasteiger partial charge is 0.396 e. The lowest BCUT2D eigenvalue weighted by Gasteiger charge is -2.16. The van der Waals surface area contributed by atoms with Crippen molar-refractivity contribution in [2.75, 3.05) is 6.61 Å². The third kappa shape index (κ3) is 4.21. The van der Waals surface area contributed by atoms with Crippen molar-refractivity contribution in [1.82, 2.24) is 0 Å². The molecule has 7 heteroatoms. The van der Waals surface area contributed by atoms with E-state index < -0.39 is 18.7 Å². The summed E-state index contributed by atoms with van der Waals surface area (Å²) in [5.41, 5.74) is 0. The zero-order chi connectivity index (χ0) is 10.7. The highest BCUT2D eigenvalue weighted by atomic mass is 127. The van der Waals surface area contributed by atoms with E-state index in [1.165, 1.54) is 22.6 Å². The van der Waals surface area contributed by atoms with Crippen molar-refractivity contribution in [3.8, 4) is 0 Å². The first-order chi connectivity index (χ1) is 5.70. The number of hydrogen-bond donors (Lipinski definition) is 1. The van der Waals surface area contributed by atoms with Crippen LogP contribution in [0.25, 0.3) is 0 Å². The number of aliphatic hydroxyl groups excluding tert-OH is 1. The SMILES string of the molecule is OCC/C(I)=C/C(F)(F)C(F)(F)F. The summed E-state index contributed by atoms with van der Waals surface area (Å²) in [6.45, 7) is -0.456. The van der Waals surface area contributed by atoms with Crippen LogP contribution in [0.2, 0.25) is 0 Å². The molecule has 0 aliphatic heterocycles. The molecule has 0 spiro atoms. The molecule has 0 saturated heterocycles. The second-order valence-electron chi connectivity index (χ2n) is 2.19. The van der Waals surface area contributed by atoms with Crippen LogP contribution in [0.4, 0.5) is 22.0 Å². The van der Waals surface area contributed by atoms with E-state index in [0.29, 0.717) is 0 Å². The zero-order valence-electron chi connectivity index (χ0n) is 6.21. The molecule has 0 aliphatic carbocycles. The molecule has 1 N–H and O–H groups in total. The summed E-state index contributed by atoms with van der Waals surface area (Å²) in [4.78, 5) is 0. The molecule has 1 nitrogen and oxygen atoms in total. The van der Waals surface area contributed by atoms with Crippen molar-refractivity contribution >= 4 is 22.6 Å². The van der Waals surface area contributed by atoms with Crippen LogP contribution in [0, 0.1) is 0 Å². The molecule has 13 heavy (non-hydrogen) atoms. The molecule has 0 unspecified atom stereocenters. The predicted octanol–water partition coefficient (Wildman–Crippen LogP) is 2.89. The molecule has 0 aromatic heterocycles. The second-order valence-corrected chi connectivity index (χ2v) is 3.57. The molecule has 0 fully saturated rings. The monoisotopic (exact) mass is 316 g/mol. The van der Waals surface area contributed by atoms with Gasteiger partial charge in [0.1, 0.15) is 0 Å². The fourth-order valence-corrected chi connectivity index (χ4v) is 1.09. The minimum atomic E-state index is -5.57. The first-order valence-corrected chi connectivity index (χ1v) is 4.21. The summed E-state index contributed by atoms with van der Waals surface area (Å²) in [6.07, 6.45) is -5.96. The Morgan fingerprint density at radius 2 is 1.69 bits per heavy atom. The molecular formula is C6H6F5IO. The summed E-state index contributed by atoms with van der Waals surface area (Å²) in [6, 6.07) is 0. The van der Waals surface area contributed by atoms with E-state index in [1.54, 1.807) is 0 Å². The minimum absolute atomic E-state index is 0.191. The molecule has 0 radical (unpaired) electrons. The van der Waals surface area contributed by atoms with Gasteiger partial charge in [-0.05, 0) is 26.2 Å². The van der Waals surface area contributed by atoms with Crippen LogP contribution in [-0.2, 0) is 0 Å². The molecule has 0 rings (SSSR count). The number of alkyl halides is 5. The van der Waals surface area contributed by atoms with Crippen molar-refractivity contribution in [1.29, 1.82) is 0 Å². The van der Waals surface area contributed by atoms with Crippen LogP contribution in [0.5, 0.6) is 0 Å². The van der Waals surface area contributed by atoms with Gasteiger partial charge in [0.15, 0.2) is 0 Å². The number of hydrogen-bond acceptors (Lipinski definition) is 1. The molecule has 0 bridgehead atoms. The number of rotatable bonds is 3. The summed E-state index contributed by atoms with van der Waals surface area (Å²) in [5.74, 6) is -4.82. The topological polar surface area (TPSA) is 20.2 Å². The Bertz CT molecular complexity index is 198. The Morgan fingerprint density at radius 3 is 2.00 bits per heavy atom. The van der Waals surface area contributed by atoms with Crippen LogP contribution in [0.15, 0.2) is 9.66 Å². The maximum absolute atomic E-state index is 12.2. The van der Waals surface area contributed by atoms with Gasteiger partial charge in [-0.15, -0.1) is 0 Å². The van der Waals surface area contributed by atoms with Crippen molar-refractivity contribution in [2.24, 2.45) is 0 Å². The Balaban J connectivity index is 4.57. The Hall–Kier alpha value is 0.0800. The lowest BCUT2D eigenvalue weighted by molar-refractivity contribution is -0.259. The lowest BCUT2D eigenvalue weighted by Crippen LogP contribution is -2.34. The van der Waals surface area contributed by atoms with Gasteiger partial charge in [0.2, 0.25) is 0 Å². The van der Waals surface area contributed by atoms with E-state index in [1.807, 2.05) is 0 Å². The van der Waals surface area contributed by atoms with Gasteiger partial charge < -0.3 is 5.11 Å². The fourth-order valence-electron chi connectivity index (χ4n) is 0.458. The summed E-state index contributed by atoms with van der Waals surface area (Å²) in [7, 11) is 0. The molecule has 0 saturated carbocycles. The van der Waals surface area contributed by atoms with Crippen molar-refractivity contribution in [3.05, 3.63) is 9.66 Å². The van der Waals surface area contributed by atoms with Gasteiger partial charge in [0, 0.05) is 19.1 Å². The van der Waals surface area contributed by atoms with Crippen LogP contribution in [0.1, 0.15) is 6.42 Å². The van der Waals surface area contributed by atoms with Crippen LogP contribution in [-0.4, -0.2) is 23.8 Å². The number of aliphatic hydroxyl groups is 1. The Morgan fingerprint density at radius 1 is 1.23 bits per heavy atom. The molecule has 0 aromatic rings. The van der Waals surface area contributed by atoms with Gasteiger partial charge in [-0.2, -0.15) is 22.0 Å². The minimum Gasteiger partial charge on any atom is -0.396 e. The predicted molar refractivity (Wildman–Crippen MR) is 44.8 cm³/mol. The normalized spacial score (nSPS) is 14.8. The van der Waals surface area contributed by atoms with Gasteiger partial charge in [-0.1, -0.05) is 0 Å². The van der Waals surface area contributed by atoms with E-state index in [0.717, 1.165) is 0 Å². The maximum atomic E-state index is 12.2. The Kier molecular flexibility index (Phi) is 4.56. The molecule has 0 heterocycles. The fraction of sp³-hybridized carbons (Fsp3) is 0.667. The van der Waals surface area contributed by atoms with E-state index in [2.05, 4.69) is 0 Å². The Labute approximate surface area is 84.8 Å². The van der Waals surface area contributed by atoms with Gasteiger partial charge in [0.25, 0.3) is 0 Å². The quantitative estimate of drug-likeness (QED) is 0.627. The first kappa shape index (κ1) is 13.1. The highest BCUT2D eigenvalue weighted by Crippen LogP contribution is 2.38. The molecular weight excluding hydrogens is 310 g/mol. The molecule has 0 atom stereocenters. The maximum Gasteiger partial charge on any atom is 0.457 e. The number of allylic oxidation sites excluding steroid dienone is 1. The number of halogens is 6. The average molecular weight is 316 g/mol. The largest absolute Gasteiger partial charge is 0.457 e. The van der Waals surface area contributed by atoms with Gasteiger partial charge in [0.05, 0.1) is 0 Å². The average Bonchev–Trinajstić information content (AvgIpc) is 1.83. The van der Waals surface area contributed by atoms with Gasteiger partial charge in [-0.3, -0.25) is 0 Å². The van der Waals surface area contributed by atoms with Crippen molar-refractivity contribution in [3.63, 3.8) is 0 Å². The van der Waals surface area contributed by atoms with Gasteiger partial charge in [-0.25, -0.2) is 0 Å². The third-order valence-corrected chi connectivity index (χ3v) is 1.92. The summed E-state index contributed by atoms with van der Waals surface area (Å²) >= 11 is 1.33. The molecule has 0 amide bonds. The lowest BCUT2D eigenvalue weighted by atomic mass is 10.2. The zero-order valence-corrected chi connectivity index (χ0v) is 8.36. The van der Waals surface area contributed by atoms with Crippen molar-refractivity contribution < 1.29 is 27.1 Å². The summed E-state index contributed by atoms with van der Waals surface area (Å²) in [5, 5.41) is 8.26. The third-order valence-electron chi connectivity index (χ3n) is 1.07. The van der Waals surface area contributed by atoms with E-state index >= 15 is 0 Å². The van der Waals surface area contributed by atoms with Gasteiger partial charge >= 0.3 is 12.1 Å². The van der Waals surface area contributed by atoms with E-state index in [4.69, 9.17) is 5.11 Å². The highest BCUT2D eigenvalue weighted by Gasteiger charge is 2.55. The van der Waals surface area contributed by atoms with E-state index in [-0.39, 0.29) is 16.1 Å². The summed E-state index contributed by atoms with van der Waals surface area (Å²) < 4.78 is 58.9. The van der Waals surface area contributed by atoms with E-state index in [9.17, 15) is 22.0 Å². The van der Waals surface area contributed by atoms with Crippen LogP contribution < -0.4 is 0 Å². The first-order valence-electron chi connectivity index (χ1n) is 3.13. The molecule has 78 valence electrons. The van der Waals surface area contributed by atoms with Crippen LogP contribution in [0.3, 0.4) is 0 Å². The van der Waals surface area contributed by atoms with Crippen molar-refractivity contribution in [2.45, 2.75) is 18.5 Å². The molecule has 0 aromatic carbocycles.